The van der Waals surface area contributed by atoms with E-state index < -0.39 is 0 Å². The lowest BCUT2D eigenvalue weighted by Crippen LogP contribution is -2.44. The quantitative estimate of drug-likeness (QED) is 0.820. The average Bonchev–Trinajstić information content (AvgIpc) is 2.35. The highest BCUT2D eigenvalue weighted by atomic mass is 32.2. The number of hydrogen-bond acceptors (Lipinski definition) is 2. The lowest BCUT2D eigenvalue weighted by molar-refractivity contribution is 0.328. The van der Waals surface area contributed by atoms with Crippen molar-refractivity contribution in [1.29, 1.82) is 0 Å². The number of benzene rings is 1. The van der Waals surface area contributed by atoms with Crippen molar-refractivity contribution in [3.05, 3.63) is 35.4 Å². The zero-order valence-corrected chi connectivity index (χ0v) is 12.6. The predicted molar refractivity (Wildman–Crippen MR) is 82.3 cm³/mol. The molecule has 1 aromatic carbocycles. The second-order valence-corrected chi connectivity index (χ2v) is 6.77. The molecule has 0 spiro atoms. The summed E-state index contributed by atoms with van der Waals surface area (Å²) in [6.45, 7) is 5.57. The Balaban J connectivity index is 1.95. The fourth-order valence-corrected chi connectivity index (χ4v) is 3.55. The summed E-state index contributed by atoms with van der Waals surface area (Å²) in [7, 11) is 0. The monoisotopic (exact) mass is 263 g/mol. The van der Waals surface area contributed by atoms with E-state index in [-0.39, 0.29) is 0 Å². The van der Waals surface area contributed by atoms with Crippen LogP contribution in [-0.2, 0) is 0 Å². The van der Waals surface area contributed by atoms with Crippen LogP contribution in [0.2, 0.25) is 0 Å². The highest BCUT2D eigenvalue weighted by molar-refractivity contribution is 8.00. The summed E-state index contributed by atoms with van der Waals surface area (Å²) in [6, 6.07) is 9.47. The van der Waals surface area contributed by atoms with Gasteiger partial charge in [-0.3, -0.25) is 0 Å². The molecule has 0 heterocycles. The van der Waals surface area contributed by atoms with Gasteiger partial charge in [0.15, 0.2) is 0 Å². The van der Waals surface area contributed by atoms with Gasteiger partial charge in [0.25, 0.3) is 0 Å². The van der Waals surface area contributed by atoms with E-state index in [1.54, 1.807) is 0 Å². The maximum atomic E-state index is 3.78. The molecule has 1 atom stereocenters. The van der Waals surface area contributed by atoms with Crippen molar-refractivity contribution in [1.82, 2.24) is 5.32 Å². The van der Waals surface area contributed by atoms with Gasteiger partial charge in [0.2, 0.25) is 0 Å². The summed E-state index contributed by atoms with van der Waals surface area (Å²) in [6.07, 6.45) is 7.59. The van der Waals surface area contributed by atoms with Crippen LogP contribution in [0.15, 0.2) is 24.3 Å². The molecule has 0 aliphatic heterocycles. The molecule has 1 aromatic rings. The molecule has 1 aliphatic rings. The van der Waals surface area contributed by atoms with E-state index in [0.29, 0.717) is 10.8 Å². The lowest BCUT2D eigenvalue weighted by Gasteiger charge is -2.41. The molecule has 1 unspecified atom stereocenters. The van der Waals surface area contributed by atoms with Crippen molar-refractivity contribution in [3.63, 3.8) is 0 Å². The van der Waals surface area contributed by atoms with Crippen molar-refractivity contribution in [2.24, 2.45) is 0 Å². The Morgan fingerprint density at radius 3 is 2.39 bits per heavy atom. The third kappa shape index (κ3) is 3.10. The molecular weight excluding hydrogens is 238 g/mol. The van der Waals surface area contributed by atoms with Crippen LogP contribution >= 0.6 is 11.8 Å². The first-order valence-corrected chi connectivity index (χ1v) is 8.27. The Morgan fingerprint density at radius 1 is 1.28 bits per heavy atom. The number of hydrogen-bond donors (Lipinski definition) is 1. The van der Waals surface area contributed by atoms with Crippen LogP contribution in [0, 0.1) is 6.92 Å². The van der Waals surface area contributed by atoms with E-state index in [4.69, 9.17) is 0 Å². The molecule has 2 heteroatoms. The molecule has 1 fully saturated rings. The number of rotatable bonds is 6. The normalized spacial score (nSPS) is 19.3. The highest BCUT2D eigenvalue weighted by Gasteiger charge is 2.36. The summed E-state index contributed by atoms with van der Waals surface area (Å²) in [4.78, 5) is 0. The van der Waals surface area contributed by atoms with Crippen molar-refractivity contribution >= 4 is 11.8 Å². The van der Waals surface area contributed by atoms with Crippen molar-refractivity contribution < 1.29 is 0 Å². The van der Waals surface area contributed by atoms with Crippen LogP contribution in [0.4, 0.5) is 0 Å². The molecule has 1 saturated carbocycles. The number of nitrogens with one attached hydrogen (secondary N) is 1. The Bertz CT molecular complexity index is 362. The van der Waals surface area contributed by atoms with Crippen molar-refractivity contribution in [3.8, 4) is 0 Å². The molecule has 18 heavy (non-hydrogen) atoms. The molecule has 1 aliphatic carbocycles. The minimum Gasteiger partial charge on any atom is -0.309 e. The Morgan fingerprint density at radius 2 is 1.94 bits per heavy atom. The molecule has 0 radical (unpaired) electrons. The van der Waals surface area contributed by atoms with E-state index in [9.17, 15) is 0 Å². The van der Waals surface area contributed by atoms with E-state index >= 15 is 0 Å². The van der Waals surface area contributed by atoms with E-state index in [2.05, 4.69) is 49.7 Å². The second-order valence-electron chi connectivity index (χ2n) is 5.49. The van der Waals surface area contributed by atoms with Gasteiger partial charge >= 0.3 is 0 Å². The Hall–Kier alpha value is -0.470. The Kier molecular flexibility index (Phi) is 4.74. The fraction of sp³-hybridized carbons (Fsp3) is 0.625. The standard InChI is InChI=1S/C16H25NS/c1-4-15(14-8-6-13(2)7-9-14)17-12-16(18-3)10-5-11-16/h6-9,15,17H,4-5,10-12H2,1-3H3. The number of thioether (sulfide) groups is 1. The SMILES string of the molecule is CCC(NCC1(SC)CCC1)c1ccc(C)cc1. The molecule has 1 N–H and O–H groups in total. The van der Waals surface area contributed by atoms with E-state index in [0.717, 1.165) is 13.0 Å². The second kappa shape index (κ2) is 6.12. The molecule has 0 saturated heterocycles. The minimum atomic E-state index is 0.509. The van der Waals surface area contributed by atoms with Gasteiger partial charge in [0.05, 0.1) is 0 Å². The summed E-state index contributed by atoms with van der Waals surface area (Å²) >= 11 is 2.05. The molecule has 1 nitrogen and oxygen atoms in total. The fourth-order valence-electron chi connectivity index (χ4n) is 2.63. The predicted octanol–water partition coefficient (Wildman–Crippen LogP) is 4.32. The van der Waals surface area contributed by atoms with Gasteiger partial charge < -0.3 is 5.32 Å². The van der Waals surface area contributed by atoms with Crippen LogP contribution in [0.3, 0.4) is 0 Å². The van der Waals surface area contributed by atoms with Gasteiger partial charge in [-0.2, -0.15) is 11.8 Å². The first kappa shape index (κ1) is 14.0. The zero-order valence-electron chi connectivity index (χ0n) is 11.8. The van der Waals surface area contributed by atoms with Gasteiger partial charge in [-0.05, 0) is 38.0 Å². The molecule has 0 aromatic heterocycles. The van der Waals surface area contributed by atoms with Gasteiger partial charge in [-0.1, -0.05) is 43.2 Å². The molecule has 100 valence electrons. The first-order valence-electron chi connectivity index (χ1n) is 7.04. The van der Waals surface area contributed by atoms with Gasteiger partial charge in [0, 0.05) is 17.3 Å². The smallest absolute Gasteiger partial charge is 0.0318 e. The van der Waals surface area contributed by atoms with Crippen LogP contribution < -0.4 is 5.32 Å². The van der Waals surface area contributed by atoms with Crippen LogP contribution in [0.5, 0.6) is 0 Å². The molecule has 2 rings (SSSR count). The summed E-state index contributed by atoms with van der Waals surface area (Å²) in [5.41, 5.74) is 2.77. The minimum absolute atomic E-state index is 0.509. The highest BCUT2D eigenvalue weighted by Crippen LogP contribution is 2.42. The summed E-state index contributed by atoms with van der Waals surface area (Å²) < 4.78 is 0.526. The van der Waals surface area contributed by atoms with Gasteiger partial charge in [-0.25, -0.2) is 0 Å². The van der Waals surface area contributed by atoms with Crippen LogP contribution in [-0.4, -0.2) is 17.5 Å². The maximum absolute atomic E-state index is 3.78. The summed E-state index contributed by atoms with van der Waals surface area (Å²) in [5, 5.41) is 3.78. The first-order chi connectivity index (χ1) is 8.69. The third-order valence-corrected chi connectivity index (χ3v) is 5.68. The number of aryl methyl sites for hydroxylation is 1. The van der Waals surface area contributed by atoms with E-state index in [1.807, 2.05) is 11.8 Å². The maximum Gasteiger partial charge on any atom is 0.0318 e. The lowest BCUT2D eigenvalue weighted by atomic mass is 9.84. The summed E-state index contributed by atoms with van der Waals surface area (Å²) in [5.74, 6) is 0. The van der Waals surface area contributed by atoms with E-state index in [1.165, 1.54) is 30.4 Å². The molecule has 0 bridgehead atoms. The molecular formula is C16H25NS. The van der Waals surface area contributed by atoms with Gasteiger partial charge in [-0.15, -0.1) is 0 Å². The Labute approximate surface area is 116 Å². The average molecular weight is 263 g/mol. The molecule has 0 amide bonds. The van der Waals surface area contributed by atoms with Crippen LogP contribution in [0.25, 0.3) is 0 Å². The largest absolute Gasteiger partial charge is 0.309 e. The zero-order chi connectivity index (χ0) is 13.0. The van der Waals surface area contributed by atoms with Gasteiger partial charge in [0.1, 0.15) is 0 Å². The topological polar surface area (TPSA) is 12.0 Å². The van der Waals surface area contributed by atoms with Crippen molar-refractivity contribution in [2.45, 2.75) is 50.3 Å². The van der Waals surface area contributed by atoms with Crippen molar-refractivity contribution in [2.75, 3.05) is 12.8 Å². The third-order valence-electron chi connectivity index (χ3n) is 4.26. The van der Waals surface area contributed by atoms with Crippen LogP contribution in [0.1, 0.15) is 49.8 Å².